The van der Waals surface area contributed by atoms with Crippen LogP contribution in [-0.2, 0) is 19.2 Å². The molecule has 0 aromatic rings. The zero-order valence-electron chi connectivity index (χ0n) is 9.62. The quantitative estimate of drug-likeness (QED) is 0.218. The van der Waals surface area contributed by atoms with E-state index in [-0.39, 0.29) is 12.5 Å². The van der Waals surface area contributed by atoms with Gasteiger partial charge >= 0.3 is 5.97 Å². The molecule has 0 aromatic heterocycles. The third-order valence-electron chi connectivity index (χ3n) is 1.78. The number of carbonyl (C=O) groups excluding carboxylic acids is 2. The lowest BCUT2D eigenvalue weighted by atomic mass is 10.2. The second-order valence-corrected chi connectivity index (χ2v) is 3.37. The van der Waals surface area contributed by atoms with Crippen LogP contribution >= 0.6 is 11.6 Å². The summed E-state index contributed by atoms with van der Waals surface area (Å²) >= 11 is 5.38. The van der Waals surface area contributed by atoms with Crippen LogP contribution < -0.4 is 5.48 Å². The van der Waals surface area contributed by atoms with Crippen molar-refractivity contribution in [3.05, 3.63) is 0 Å². The largest absolute Gasteiger partial charge is 0.464 e. The van der Waals surface area contributed by atoms with Crippen molar-refractivity contribution >= 4 is 23.4 Å². The summed E-state index contributed by atoms with van der Waals surface area (Å²) in [4.78, 5) is 27.7. The van der Waals surface area contributed by atoms with Crippen LogP contribution in [0, 0.1) is 0 Å². The number of ketones is 1. The SMILES string of the molecule is CCCCONC(C(=O)CCl)C(=O)OCC. The topological polar surface area (TPSA) is 64.6 Å². The summed E-state index contributed by atoms with van der Waals surface area (Å²) in [6, 6.07) is -1.13. The Hall–Kier alpha value is -0.650. The summed E-state index contributed by atoms with van der Waals surface area (Å²) in [7, 11) is 0. The number of Topliss-reactive ketones (excluding diaryl/α,β-unsaturated/α-hetero) is 1. The van der Waals surface area contributed by atoms with E-state index in [0.29, 0.717) is 6.61 Å². The molecule has 1 N–H and O–H groups in total. The van der Waals surface area contributed by atoms with Gasteiger partial charge in [-0.05, 0) is 13.3 Å². The average molecular weight is 252 g/mol. The van der Waals surface area contributed by atoms with E-state index < -0.39 is 17.8 Å². The molecule has 1 atom stereocenters. The molecule has 0 aliphatic heterocycles. The van der Waals surface area contributed by atoms with Crippen molar-refractivity contribution in [3.63, 3.8) is 0 Å². The van der Waals surface area contributed by atoms with E-state index in [2.05, 4.69) is 5.48 Å². The third kappa shape index (κ3) is 6.05. The van der Waals surface area contributed by atoms with Crippen LogP contribution in [0.4, 0.5) is 0 Å². The number of ether oxygens (including phenoxy) is 1. The first-order valence-electron chi connectivity index (χ1n) is 5.29. The van der Waals surface area contributed by atoms with Crippen LogP contribution in [0.15, 0.2) is 0 Å². The Bertz CT molecular complexity index is 223. The first kappa shape index (κ1) is 15.3. The first-order chi connectivity index (χ1) is 7.67. The normalized spacial score (nSPS) is 12.2. The van der Waals surface area contributed by atoms with Gasteiger partial charge in [0.25, 0.3) is 0 Å². The van der Waals surface area contributed by atoms with Gasteiger partial charge in [-0.15, -0.1) is 11.6 Å². The molecule has 0 bridgehead atoms. The molecule has 0 amide bonds. The molecule has 0 heterocycles. The average Bonchev–Trinajstić information content (AvgIpc) is 2.28. The maximum absolute atomic E-state index is 11.4. The Morgan fingerprint density at radius 3 is 2.56 bits per heavy atom. The molecular formula is C10H18ClNO4. The van der Waals surface area contributed by atoms with Crippen molar-refractivity contribution in [2.24, 2.45) is 0 Å². The number of nitrogens with one attached hydrogen (secondary N) is 1. The Morgan fingerprint density at radius 1 is 1.38 bits per heavy atom. The van der Waals surface area contributed by atoms with E-state index in [1.807, 2.05) is 6.92 Å². The van der Waals surface area contributed by atoms with Crippen molar-refractivity contribution in [1.29, 1.82) is 0 Å². The minimum atomic E-state index is -1.13. The Labute approximate surface area is 100 Å². The predicted molar refractivity (Wildman–Crippen MR) is 60.1 cm³/mol. The molecule has 0 saturated carbocycles. The predicted octanol–water partition coefficient (Wildman–Crippen LogP) is 1.05. The summed E-state index contributed by atoms with van der Waals surface area (Å²) in [6.45, 7) is 4.32. The molecular weight excluding hydrogens is 234 g/mol. The number of hydrogen-bond acceptors (Lipinski definition) is 5. The fraction of sp³-hybridized carbons (Fsp3) is 0.800. The maximum Gasteiger partial charge on any atom is 0.333 e. The number of alkyl halides is 1. The number of carbonyl (C=O) groups is 2. The zero-order valence-corrected chi connectivity index (χ0v) is 10.4. The molecule has 0 aromatic carbocycles. The molecule has 0 fully saturated rings. The van der Waals surface area contributed by atoms with E-state index in [0.717, 1.165) is 12.8 Å². The highest BCUT2D eigenvalue weighted by molar-refractivity contribution is 6.30. The first-order valence-corrected chi connectivity index (χ1v) is 5.83. The van der Waals surface area contributed by atoms with Gasteiger partial charge in [-0.25, -0.2) is 4.79 Å². The maximum atomic E-state index is 11.4. The Balaban J connectivity index is 4.10. The van der Waals surface area contributed by atoms with Crippen molar-refractivity contribution in [3.8, 4) is 0 Å². The minimum absolute atomic E-state index is 0.210. The van der Waals surface area contributed by atoms with Crippen LogP contribution in [0.2, 0.25) is 0 Å². The summed E-state index contributed by atoms with van der Waals surface area (Å²) in [6.07, 6.45) is 1.81. The van der Waals surface area contributed by atoms with Crippen molar-refractivity contribution in [2.45, 2.75) is 32.7 Å². The molecule has 6 heteroatoms. The van der Waals surface area contributed by atoms with E-state index in [1.165, 1.54) is 0 Å². The number of hydroxylamine groups is 1. The number of hydrogen-bond donors (Lipinski definition) is 1. The third-order valence-corrected chi connectivity index (χ3v) is 2.04. The highest BCUT2D eigenvalue weighted by Crippen LogP contribution is 1.96. The molecule has 1 unspecified atom stereocenters. The van der Waals surface area contributed by atoms with Gasteiger partial charge in [0.15, 0.2) is 11.8 Å². The molecule has 5 nitrogen and oxygen atoms in total. The Morgan fingerprint density at radius 2 is 2.06 bits per heavy atom. The number of unbranched alkanes of at least 4 members (excludes halogenated alkanes) is 1. The highest BCUT2D eigenvalue weighted by atomic mass is 35.5. The van der Waals surface area contributed by atoms with Gasteiger partial charge in [-0.2, -0.15) is 5.48 Å². The highest BCUT2D eigenvalue weighted by Gasteiger charge is 2.27. The molecule has 0 spiro atoms. The summed E-state index contributed by atoms with van der Waals surface area (Å²) in [5, 5.41) is 0. The smallest absolute Gasteiger partial charge is 0.333 e. The van der Waals surface area contributed by atoms with Crippen LogP contribution in [0.5, 0.6) is 0 Å². The second-order valence-electron chi connectivity index (χ2n) is 3.10. The lowest BCUT2D eigenvalue weighted by molar-refractivity contribution is -0.153. The molecule has 0 radical (unpaired) electrons. The van der Waals surface area contributed by atoms with Gasteiger partial charge in [0.05, 0.1) is 19.1 Å². The van der Waals surface area contributed by atoms with Crippen molar-refractivity contribution in [2.75, 3.05) is 19.1 Å². The van der Waals surface area contributed by atoms with Gasteiger partial charge in [0, 0.05) is 0 Å². The number of rotatable bonds is 9. The minimum Gasteiger partial charge on any atom is -0.464 e. The van der Waals surface area contributed by atoms with Gasteiger partial charge in [0.2, 0.25) is 0 Å². The van der Waals surface area contributed by atoms with E-state index in [4.69, 9.17) is 21.2 Å². The lowest BCUT2D eigenvalue weighted by Gasteiger charge is -2.14. The second kappa shape index (κ2) is 9.57. The lowest BCUT2D eigenvalue weighted by Crippen LogP contribution is -2.45. The molecule has 0 aliphatic carbocycles. The fourth-order valence-corrected chi connectivity index (χ4v) is 1.06. The van der Waals surface area contributed by atoms with Crippen LogP contribution in [0.1, 0.15) is 26.7 Å². The monoisotopic (exact) mass is 251 g/mol. The van der Waals surface area contributed by atoms with Gasteiger partial charge in [-0.3, -0.25) is 4.79 Å². The zero-order chi connectivity index (χ0) is 12.4. The van der Waals surface area contributed by atoms with Gasteiger partial charge in [0.1, 0.15) is 0 Å². The number of halogens is 1. The van der Waals surface area contributed by atoms with E-state index in [1.54, 1.807) is 6.92 Å². The standard InChI is InChI=1S/C10H18ClNO4/c1-3-5-6-16-12-9(8(13)7-11)10(14)15-4-2/h9,12H,3-7H2,1-2H3. The van der Waals surface area contributed by atoms with Crippen LogP contribution in [0.3, 0.4) is 0 Å². The molecule has 0 saturated heterocycles. The molecule has 16 heavy (non-hydrogen) atoms. The Kier molecular flexibility index (Phi) is 9.18. The van der Waals surface area contributed by atoms with Crippen LogP contribution in [0.25, 0.3) is 0 Å². The van der Waals surface area contributed by atoms with Gasteiger partial charge in [-0.1, -0.05) is 13.3 Å². The summed E-state index contributed by atoms with van der Waals surface area (Å²) in [5.41, 5.74) is 2.38. The van der Waals surface area contributed by atoms with Crippen molar-refractivity contribution in [1.82, 2.24) is 5.48 Å². The van der Waals surface area contributed by atoms with E-state index in [9.17, 15) is 9.59 Å². The molecule has 0 rings (SSSR count). The summed E-state index contributed by atoms with van der Waals surface area (Å²) in [5.74, 6) is -1.38. The van der Waals surface area contributed by atoms with Gasteiger partial charge < -0.3 is 9.57 Å². The molecule has 0 aliphatic rings. The summed E-state index contributed by atoms with van der Waals surface area (Å²) < 4.78 is 4.72. The molecule has 94 valence electrons. The van der Waals surface area contributed by atoms with E-state index >= 15 is 0 Å². The number of esters is 1. The van der Waals surface area contributed by atoms with Crippen LogP contribution in [-0.4, -0.2) is 36.9 Å². The fourth-order valence-electron chi connectivity index (χ4n) is 0.907. The van der Waals surface area contributed by atoms with Crippen molar-refractivity contribution < 1.29 is 19.2 Å².